The standard InChI is InChI=1S/C14H19N/c1-5-11-8-13(10(2)3)9-12-6-7-15(4)14(11)12/h6-10H,5H2,1-4H3. The average Bonchev–Trinajstić information content (AvgIpc) is 2.59. The molecule has 0 bridgehead atoms. The monoisotopic (exact) mass is 201 g/mol. The highest BCUT2D eigenvalue weighted by Gasteiger charge is 2.07. The Bertz CT molecular complexity index is 477. The van der Waals surface area contributed by atoms with E-state index in [1.807, 2.05) is 0 Å². The summed E-state index contributed by atoms with van der Waals surface area (Å²) in [4.78, 5) is 0. The lowest BCUT2D eigenvalue weighted by atomic mass is 9.97. The third-order valence-electron chi connectivity index (χ3n) is 3.12. The highest BCUT2D eigenvalue weighted by molar-refractivity contribution is 5.84. The number of aromatic nitrogens is 1. The molecule has 0 aliphatic rings. The molecule has 0 saturated heterocycles. The SMILES string of the molecule is CCc1cc(C(C)C)cc2ccn(C)c12. The summed E-state index contributed by atoms with van der Waals surface area (Å²) in [5, 5.41) is 1.38. The number of rotatable bonds is 2. The third kappa shape index (κ3) is 1.67. The smallest absolute Gasteiger partial charge is 0.0510 e. The van der Waals surface area contributed by atoms with E-state index in [1.165, 1.54) is 22.0 Å². The van der Waals surface area contributed by atoms with Crippen LogP contribution in [0.3, 0.4) is 0 Å². The van der Waals surface area contributed by atoms with E-state index in [0.717, 1.165) is 6.42 Å². The lowest BCUT2D eigenvalue weighted by Gasteiger charge is -2.10. The summed E-state index contributed by atoms with van der Waals surface area (Å²) in [6.07, 6.45) is 3.25. The van der Waals surface area contributed by atoms with Gasteiger partial charge in [-0.15, -0.1) is 0 Å². The molecule has 1 aromatic carbocycles. The van der Waals surface area contributed by atoms with Crippen LogP contribution in [0.5, 0.6) is 0 Å². The van der Waals surface area contributed by atoms with Crippen molar-refractivity contribution in [2.24, 2.45) is 7.05 Å². The first-order valence-corrected chi connectivity index (χ1v) is 5.71. The summed E-state index contributed by atoms with van der Waals surface area (Å²) < 4.78 is 2.22. The van der Waals surface area contributed by atoms with Gasteiger partial charge in [-0.2, -0.15) is 0 Å². The minimum Gasteiger partial charge on any atom is -0.350 e. The lowest BCUT2D eigenvalue weighted by molar-refractivity contribution is 0.863. The Labute approximate surface area is 91.7 Å². The lowest BCUT2D eigenvalue weighted by Crippen LogP contribution is -1.94. The van der Waals surface area contributed by atoms with Gasteiger partial charge in [0, 0.05) is 18.6 Å². The van der Waals surface area contributed by atoms with Gasteiger partial charge in [0.25, 0.3) is 0 Å². The van der Waals surface area contributed by atoms with Crippen LogP contribution in [0.1, 0.15) is 37.8 Å². The molecule has 0 amide bonds. The van der Waals surface area contributed by atoms with Gasteiger partial charge in [-0.05, 0) is 35.6 Å². The summed E-state index contributed by atoms with van der Waals surface area (Å²) in [6.45, 7) is 6.74. The highest BCUT2D eigenvalue weighted by atomic mass is 14.9. The Morgan fingerprint density at radius 2 is 2.00 bits per heavy atom. The molecule has 2 aromatic rings. The minimum absolute atomic E-state index is 0.611. The molecule has 1 nitrogen and oxygen atoms in total. The topological polar surface area (TPSA) is 4.93 Å². The number of hydrogen-bond acceptors (Lipinski definition) is 0. The second kappa shape index (κ2) is 3.73. The maximum absolute atomic E-state index is 2.35. The van der Waals surface area contributed by atoms with Gasteiger partial charge in [0.05, 0.1) is 5.52 Å². The number of aryl methyl sites for hydroxylation is 2. The van der Waals surface area contributed by atoms with E-state index in [2.05, 4.69) is 56.8 Å². The molecular weight excluding hydrogens is 182 g/mol. The molecule has 0 radical (unpaired) electrons. The van der Waals surface area contributed by atoms with Gasteiger partial charge in [0.1, 0.15) is 0 Å². The van der Waals surface area contributed by atoms with Crippen molar-refractivity contribution < 1.29 is 0 Å². The summed E-state index contributed by atoms with van der Waals surface area (Å²) in [5.74, 6) is 0.611. The van der Waals surface area contributed by atoms with Gasteiger partial charge in [0.15, 0.2) is 0 Å². The maximum atomic E-state index is 2.35. The molecule has 0 N–H and O–H groups in total. The second-order valence-corrected chi connectivity index (χ2v) is 4.55. The fourth-order valence-corrected chi connectivity index (χ4v) is 2.17. The number of hydrogen-bond donors (Lipinski definition) is 0. The quantitative estimate of drug-likeness (QED) is 0.695. The number of fused-ring (bicyclic) bond motifs is 1. The van der Waals surface area contributed by atoms with Crippen LogP contribution in [-0.4, -0.2) is 4.57 Å². The van der Waals surface area contributed by atoms with Crippen LogP contribution in [0.2, 0.25) is 0 Å². The van der Waals surface area contributed by atoms with Crippen LogP contribution >= 0.6 is 0 Å². The van der Waals surface area contributed by atoms with Crippen molar-refractivity contribution in [3.8, 4) is 0 Å². The van der Waals surface area contributed by atoms with E-state index < -0.39 is 0 Å². The van der Waals surface area contributed by atoms with Crippen molar-refractivity contribution in [2.45, 2.75) is 33.1 Å². The van der Waals surface area contributed by atoms with Crippen LogP contribution in [0.4, 0.5) is 0 Å². The van der Waals surface area contributed by atoms with E-state index in [0.29, 0.717) is 5.92 Å². The molecule has 0 spiro atoms. The van der Waals surface area contributed by atoms with Crippen molar-refractivity contribution in [1.29, 1.82) is 0 Å². The molecule has 2 rings (SSSR count). The Morgan fingerprint density at radius 3 is 2.60 bits per heavy atom. The van der Waals surface area contributed by atoms with Crippen LogP contribution in [0.25, 0.3) is 10.9 Å². The third-order valence-corrected chi connectivity index (χ3v) is 3.12. The van der Waals surface area contributed by atoms with Gasteiger partial charge >= 0.3 is 0 Å². The number of nitrogens with zero attached hydrogens (tertiary/aromatic N) is 1. The van der Waals surface area contributed by atoms with Crippen molar-refractivity contribution in [1.82, 2.24) is 4.57 Å². The molecule has 1 aromatic heterocycles. The first-order chi connectivity index (χ1) is 7.13. The van der Waals surface area contributed by atoms with E-state index in [4.69, 9.17) is 0 Å². The van der Waals surface area contributed by atoms with Crippen molar-refractivity contribution in [3.05, 3.63) is 35.5 Å². The normalized spacial score (nSPS) is 11.5. The molecule has 1 heteroatoms. The van der Waals surface area contributed by atoms with Gasteiger partial charge in [-0.25, -0.2) is 0 Å². The summed E-state index contributed by atoms with van der Waals surface area (Å²) in [7, 11) is 2.12. The first kappa shape index (κ1) is 10.3. The van der Waals surface area contributed by atoms with E-state index in [9.17, 15) is 0 Å². The molecule has 0 aliphatic carbocycles. The zero-order valence-electron chi connectivity index (χ0n) is 10.0. The second-order valence-electron chi connectivity index (χ2n) is 4.55. The van der Waals surface area contributed by atoms with E-state index in [1.54, 1.807) is 0 Å². The van der Waals surface area contributed by atoms with Crippen molar-refractivity contribution in [2.75, 3.05) is 0 Å². The van der Waals surface area contributed by atoms with E-state index >= 15 is 0 Å². The zero-order chi connectivity index (χ0) is 11.0. The molecule has 15 heavy (non-hydrogen) atoms. The van der Waals surface area contributed by atoms with Crippen LogP contribution < -0.4 is 0 Å². The summed E-state index contributed by atoms with van der Waals surface area (Å²) in [6, 6.07) is 6.88. The molecule has 0 aliphatic heterocycles. The zero-order valence-corrected chi connectivity index (χ0v) is 10.0. The minimum atomic E-state index is 0.611. The fraction of sp³-hybridized carbons (Fsp3) is 0.429. The summed E-state index contributed by atoms with van der Waals surface area (Å²) in [5.41, 5.74) is 4.30. The Kier molecular flexibility index (Phi) is 2.56. The fourth-order valence-electron chi connectivity index (χ4n) is 2.17. The molecule has 1 heterocycles. The summed E-state index contributed by atoms with van der Waals surface area (Å²) >= 11 is 0. The van der Waals surface area contributed by atoms with Crippen LogP contribution in [-0.2, 0) is 13.5 Å². The van der Waals surface area contributed by atoms with Crippen LogP contribution in [0.15, 0.2) is 24.4 Å². The Balaban J connectivity index is 2.73. The van der Waals surface area contributed by atoms with Gasteiger partial charge < -0.3 is 4.57 Å². The first-order valence-electron chi connectivity index (χ1n) is 5.71. The predicted molar refractivity (Wildman–Crippen MR) is 66.4 cm³/mol. The van der Waals surface area contributed by atoms with Gasteiger partial charge in [-0.1, -0.05) is 26.8 Å². The largest absolute Gasteiger partial charge is 0.350 e. The molecule has 0 fully saturated rings. The average molecular weight is 201 g/mol. The highest BCUT2D eigenvalue weighted by Crippen LogP contribution is 2.26. The molecule has 80 valence electrons. The van der Waals surface area contributed by atoms with E-state index in [-0.39, 0.29) is 0 Å². The van der Waals surface area contributed by atoms with Crippen molar-refractivity contribution >= 4 is 10.9 Å². The van der Waals surface area contributed by atoms with Gasteiger partial charge in [0.2, 0.25) is 0 Å². The molecule has 0 saturated carbocycles. The predicted octanol–water partition coefficient (Wildman–Crippen LogP) is 3.86. The molecular formula is C14H19N. The Morgan fingerprint density at radius 1 is 1.27 bits per heavy atom. The molecule has 0 unspecified atom stereocenters. The molecule has 0 atom stereocenters. The maximum Gasteiger partial charge on any atom is 0.0510 e. The number of benzene rings is 1. The van der Waals surface area contributed by atoms with Gasteiger partial charge in [-0.3, -0.25) is 0 Å². The van der Waals surface area contributed by atoms with Crippen LogP contribution in [0, 0.1) is 0 Å². The Hall–Kier alpha value is -1.24. The van der Waals surface area contributed by atoms with Crippen molar-refractivity contribution in [3.63, 3.8) is 0 Å².